The fraction of sp³-hybridized carbons (Fsp3) is 0.0769. The van der Waals surface area contributed by atoms with E-state index >= 15 is 0 Å². The summed E-state index contributed by atoms with van der Waals surface area (Å²) in [5, 5.41) is 1.86. The Morgan fingerprint density at radius 1 is 1.17 bits per heavy atom. The third kappa shape index (κ3) is 2.97. The van der Waals surface area contributed by atoms with E-state index in [-0.39, 0.29) is 5.15 Å². The van der Waals surface area contributed by atoms with E-state index in [0.717, 1.165) is 5.56 Å². The van der Waals surface area contributed by atoms with Gasteiger partial charge in [0.2, 0.25) is 5.88 Å². The molecule has 0 unspecified atom stereocenters. The lowest BCUT2D eigenvalue weighted by molar-refractivity contribution is 0.395. The van der Waals surface area contributed by atoms with Gasteiger partial charge in [0.05, 0.1) is 7.11 Å². The van der Waals surface area contributed by atoms with Crippen LogP contribution in [0.5, 0.6) is 17.4 Å². The average molecular weight is 280 g/mol. The van der Waals surface area contributed by atoms with Crippen LogP contribution in [0.3, 0.4) is 0 Å². The Bertz CT molecular complexity index is 557. The van der Waals surface area contributed by atoms with Crippen LogP contribution in [0.2, 0.25) is 5.15 Å². The molecule has 5 heteroatoms. The van der Waals surface area contributed by atoms with Crippen LogP contribution in [0, 0.1) is 0 Å². The Morgan fingerprint density at radius 2 is 1.89 bits per heavy atom. The molecule has 2 rings (SSSR count). The fourth-order valence-corrected chi connectivity index (χ4v) is 1.68. The van der Waals surface area contributed by atoms with Gasteiger partial charge in [0.1, 0.15) is 5.75 Å². The zero-order valence-electron chi connectivity index (χ0n) is 9.59. The highest BCUT2D eigenvalue weighted by Crippen LogP contribution is 2.29. The molecule has 2 aromatic rings. The standard InChI is InChI=1S/C13H10ClNO2S/c1-16-12-7-6-11(13(14)15-12)17-10-4-2-9(8-18)3-5-10/h2-8H,1H3. The maximum Gasteiger partial charge on any atom is 0.214 e. The lowest BCUT2D eigenvalue weighted by Gasteiger charge is -2.08. The lowest BCUT2D eigenvalue weighted by atomic mass is 10.2. The van der Waals surface area contributed by atoms with Crippen LogP contribution in [0.4, 0.5) is 0 Å². The molecule has 0 atom stereocenters. The molecule has 0 saturated carbocycles. The van der Waals surface area contributed by atoms with Crippen LogP contribution in [0.25, 0.3) is 0 Å². The highest BCUT2D eigenvalue weighted by atomic mass is 35.5. The van der Waals surface area contributed by atoms with Crippen molar-refractivity contribution in [1.82, 2.24) is 4.98 Å². The summed E-state index contributed by atoms with van der Waals surface area (Å²) in [7, 11) is 1.53. The molecule has 0 aliphatic rings. The molecule has 0 aliphatic carbocycles. The number of hydrogen-bond acceptors (Lipinski definition) is 4. The topological polar surface area (TPSA) is 31.4 Å². The van der Waals surface area contributed by atoms with Crippen molar-refractivity contribution in [3.05, 3.63) is 47.1 Å². The van der Waals surface area contributed by atoms with E-state index in [1.54, 1.807) is 17.5 Å². The van der Waals surface area contributed by atoms with Crippen LogP contribution in [0.1, 0.15) is 5.56 Å². The van der Waals surface area contributed by atoms with Crippen molar-refractivity contribution in [2.45, 2.75) is 0 Å². The molecular formula is C13H10ClNO2S. The van der Waals surface area contributed by atoms with Gasteiger partial charge in [0, 0.05) is 11.4 Å². The van der Waals surface area contributed by atoms with E-state index in [9.17, 15) is 0 Å². The summed E-state index contributed by atoms with van der Waals surface area (Å²) in [4.78, 5) is 4.02. The number of nitrogens with zero attached hydrogens (tertiary/aromatic N) is 1. The Hall–Kier alpha value is -1.65. The zero-order chi connectivity index (χ0) is 13.0. The second-order valence-electron chi connectivity index (χ2n) is 3.43. The number of thiocarbonyl (C=S) groups is 1. The van der Waals surface area contributed by atoms with E-state index in [1.807, 2.05) is 24.3 Å². The SMILES string of the molecule is COc1ccc(Oc2ccc(C=S)cc2)c(Cl)n1. The molecule has 18 heavy (non-hydrogen) atoms. The van der Waals surface area contributed by atoms with Crippen LogP contribution < -0.4 is 9.47 Å². The second-order valence-corrected chi connectivity index (χ2v) is 4.03. The minimum atomic E-state index is 0.258. The van der Waals surface area contributed by atoms with Crippen molar-refractivity contribution in [1.29, 1.82) is 0 Å². The largest absolute Gasteiger partial charge is 0.481 e. The molecule has 0 amide bonds. The number of halogens is 1. The third-order valence-electron chi connectivity index (χ3n) is 2.24. The molecule has 0 radical (unpaired) electrons. The Balaban J connectivity index is 2.19. The number of ether oxygens (including phenoxy) is 2. The van der Waals surface area contributed by atoms with Crippen LogP contribution >= 0.6 is 23.8 Å². The van der Waals surface area contributed by atoms with Gasteiger partial charge in [-0.2, -0.15) is 4.98 Å². The summed E-state index contributed by atoms with van der Waals surface area (Å²) in [6, 6.07) is 10.8. The van der Waals surface area contributed by atoms with Crippen molar-refractivity contribution in [2.24, 2.45) is 0 Å². The minimum Gasteiger partial charge on any atom is -0.481 e. The fourth-order valence-electron chi connectivity index (χ4n) is 1.34. The molecule has 3 nitrogen and oxygen atoms in total. The van der Waals surface area contributed by atoms with Gasteiger partial charge >= 0.3 is 0 Å². The molecule has 0 bridgehead atoms. The van der Waals surface area contributed by atoms with E-state index in [4.69, 9.17) is 33.3 Å². The average Bonchev–Trinajstić information content (AvgIpc) is 2.42. The maximum absolute atomic E-state index is 5.98. The first kappa shape index (κ1) is 12.8. The molecule has 0 fully saturated rings. The molecule has 0 N–H and O–H groups in total. The molecule has 1 heterocycles. The monoisotopic (exact) mass is 279 g/mol. The number of aromatic nitrogens is 1. The Labute approximate surface area is 115 Å². The van der Waals surface area contributed by atoms with E-state index < -0.39 is 0 Å². The number of rotatable bonds is 4. The summed E-state index contributed by atoms with van der Waals surface area (Å²) in [6.07, 6.45) is 0. The first-order chi connectivity index (χ1) is 8.72. The zero-order valence-corrected chi connectivity index (χ0v) is 11.2. The molecule has 0 aliphatic heterocycles. The van der Waals surface area contributed by atoms with Gasteiger partial charge in [-0.05, 0) is 23.8 Å². The van der Waals surface area contributed by atoms with Crippen LogP contribution in [-0.4, -0.2) is 17.5 Å². The van der Waals surface area contributed by atoms with Crippen molar-refractivity contribution >= 4 is 29.2 Å². The number of hydrogen-bond donors (Lipinski definition) is 0. The van der Waals surface area contributed by atoms with Gasteiger partial charge in [0.15, 0.2) is 10.9 Å². The van der Waals surface area contributed by atoms with Gasteiger partial charge in [-0.15, -0.1) is 0 Å². The summed E-state index contributed by atoms with van der Waals surface area (Å²) >= 11 is 10.8. The van der Waals surface area contributed by atoms with E-state index in [0.29, 0.717) is 17.4 Å². The Morgan fingerprint density at radius 3 is 2.44 bits per heavy atom. The highest BCUT2D eigenvalue weighted by molar-refractivity contribution is 7.79. The minimum absolute atomic E-state index is 0.258. The van der Waals surface area contributed by atoms with Gasteiger partial charge < -0.3 is 9.47 Å². The quantitative estimate of drug-likeness (QED) is 0.628. The molecule has 1 aromatic carbocycles. The van der Waals surface area contributed by atoms with Crippen LogP contribution in [-0.2, 0) is 0 Å². The van der Waals surface area contributed by atoms with Gasteiger partial charge in [-0.3, -0.25) is 0 Å². The van der Waals surface area contributed by atoms with Gasteiger partial charge in [0.25, 0.3) is 0 Å². The van der Waals surface area contributed by atoms with Crippen molar-refractivity contribution in [3.8, 4) is 17.4 Å². The van der Waals surface area contributed by atoms with Crippen molar-refractivity contribution in [2.75, 3.05) is 7.11 Å². The normalized spacial score (nSPS) is 9.89. The first-order valence-electron chi connectivity index (χ1n) is 5.16. The Kier molecular flexibility index (Phi) is 4.12. The molecule has 92 valence electrons. The third-order valence-corrected chi connectivity index (χ3v) is 2.79. The predicted octanol–water partition coefficient (Wildman–Crippen LogP) is 3.88. The summed E-state index contributed by atoms with van der Waals surface area (Å²) < 4.78 is 10.6. The number of benzene rings is 1. The van der Waals surface area contributed by atoms with Gasteiger partial charge in [-0.25, -0.2) is 0 Å². The maximum atomic E-state index is 5.98. The van der Waals surface area contributed by atoms with E-state index in [1.165, 1.54) is 7.11 Å². The molecule has 1 aromatic heterocycles. The number of pyridine rings is 1. The summed E-state index contributed by atoms with van der Waals surface area (Å²) in [5.41, 5.74) is 0.955. The van der Waals surface area contributed by atoms with Crippen molar-refractivity contribution in [3.63, 3.8) is 0 Å². The first-order valence-corrected chi connectivity index (χ1v) is 6.01. The number of methoxy groups -OCH3 is 1. The highest BCUT2D eigenvalue weighted by Gasteiger charge is 2.06. The smallest absolute Gasteiger partial charge is 0.214 e. The molecule has 0 spiro atoms. The second kappa shape index (κ2) is 5.80. The summed E-state index contributed by atoms with van der Waals surface area (Å²) in [5.74, 6) is 1.60. The lowest BCUT2D eigenvalue weighted by Crippen LogP contribution is -1.91. The van der Waals surface area contributed by atoms with E-state index in [2.05, 4.69) is 4.98 Å². The predicted molar refractivity (Wildman–Crippen MR) is 75.1 cm³/mol. The molecule has 0 saturated heterocycles. The van der Waals surface area contributed by atoms with Crippen molar-refractivity contribution < 1.29 is 9.47 Å². The summed E-state index contributed by atoms with van der Waals surface area (Å²) in [6.45, 7) is 0. The van der Waals surface area contributed by atoms with Gasteiger partial charge in [-0.1, -0.05) is 36.0 Å². The van der Waals surface area contributed by atoms with Crippen LogP contribution in [0.15, 0.2) is 36.4 Å². The molecular weight excluding hydrogens is 270 g/mol.